The second-order valence-electron chi connectivity index (χ2n) is 7.14. The molecule has 0 saturated heterocycles. The van der Waals surface area contributed by atoms with Crippen molar-refractivity contribution in [3.8, 4) is 6.07 Å². The van der Waals surface area contributed by atoms with E-state index in [0.29, 0.717) is 32.1 Å². The van der Waals surface area contributed by atoms with Gasteiger partial charge in [0.2, 0.25) is 0 Å². The molecular formula is C17H33F3N4O3P+. The van der Waals surface area contributed by atoms with Crippen LogP contribution >= 0.6 is 8.53 Å². The molecule has 1 amide bonds. The highest BCUT2D eigenvalue weighted by Gasteiger charge is 2.43. The van der Waals surface area contributed by atoms with Gasteiger partial charge in [-0.25, -0.2) is 0 Å². The maximum absolute atomic E-state index is 12.7. The van der Waals surface area contributed by atoms with E-state index in [1.165, 1.54) is 0 Å². The molecule has 0 aromatic rings. The molecular weight excluding hydrogens is 396 g/mol. The van der Waals surface area contributed by atoms with Crippen LogP contribution in [-0.2, 0) is 9.32 Å². The van der Waals surface area contributed by atoms with Crippen LogP contribution in [0.4, 0.5) is 13.2 Å². The Morgan fingerprint density at radius 1 is 1.25 bits per heavy atom. The number of nitrogens with two attached hydrogens (primary N) is 2. The van der Waals surface area contributed by atoms with Gasteiger partial charge in [-0.2, -0.15) is 13.2 Å². The largest absolute Gasteiger partial charge is 0.471 e. The number of hydrogen-bond donors (Lipinski definition) is 3. The molecule has 11 heteroatoms. The van der Waals surface area contributed by atoms with E-state index < -0.39 is 32.9 Å². The van der Waals surface area contributed by atoms with Crippen molar-refractivity contribution in [3.05, 3.63) is 4.85 Å². The molecule has 0 bridgehead atoms. The van der Waals surface area contributed by atoms with Crippen molar-refractivity contribution in [2.75, 3.05) is 6.54 Å². The molecule has 0 radical (unpaired) electrons. The first-order valence-electron chi connectivity index (χ1n) is 9.32. The van der Waals surface area contributed by atoms with E-state index in [1.807, 2.05) is 13.8 Å². The number of carbonyl (C=O) groups is 1. The minimum atomic E-state index is -4.88. The van der Waals surface area contributed by atoms with Gasteiger partial charge in [0.1, 0.15) is 6.23 Å². The second-order valence-corrected chi connectivity index (χ2v) is 7.95. The molecule has 28 heavy (non-hydrogen) atoms. The van der Waals surface area contributed by atoms with Crippen molar-refractivity contribution < 1.29 is 27.4 Å². The SMILES string of the molecule is CC(C)[N+]#CCCC(CCCCN(C(=O)C(F)(F)F)C(C)C)C(N)OP(N)O. The lowest BCUT2D eigenvalue weighted by Crippen LogP contribution is -2.45. The van der Waals surface area contributed by atoms with Gasteiger partial charge >= 0.3 is 12.1 Å². The van der Waals surface area contributed by atoms with Gasteiger partial charge in [0.15, 0.2) is 0 Å². The fraction of sp³-hybridized carbons (Fsp3) is 0.882. The number of carbonyl (C=O) groups excluding carboxylic acids is 1. The van der Waals surface area contributed by atoms with E-state index in [2.05, 4.69) is 10.9 Å². The Morgan fingerprint density at radius 3 is 2.32 bits per heavy atom. The average Bonchev–Trinajstić information content (AvgIpc) is 2.53. The standard InChI is InChI=1S/C17H33F3N4O3P/c1-12(2)23-10-7-9-14(15(21)27-28(22)26)8-5-6-11-24(13(3)4)16(25)17(18,19)20/h12-15,26H,5-9,11,21-22H2,1-4H3/q+1. The van der Waals surface area contributed by atoms with Crippen LogP contribution in [0.1, 0.15) is 59.8 Å². The lowest BCUT2D eigenvalue weighted by atomic mass is 9.95. The third-order valence-corrected chi connectivity index (χ3v) is 4.48. The van der Waals surface area contributed by atoms with Gasteiger partial charge in [-0.15, -0.1) is 0 Å². The molecule has 0 fully saturated rings. The van der Waals surface area contributed by atoms with Crippen LogP contribution in [0.25, 0.3) is 4.85 Å². The molecule has 0 saturated carbocycles. The summed E-state index contributed by atoms with van der Waals surface area (Å²) < 4.78 is 43.1. The van der Waals surface area contributed by atoms with E-state index in [9.17, 15) is 22.9 Å². The molecule has 0 heterocycles. The lowest BCUT2D eigenvalue weighted by molar-refractivity contribution is -0.187. The Labute approximate surface area is 166 Å². The third-order valence-electron chi connectivity index (χ3n) is 4.02. The number of alkyl halides is 3. The minimum Gasteiger partial charge on any atom is -0.338 e. The van der Waals surface area contributed by atoms with Gasteiger partial charge in [-0.05, 0) is 39.0 Å². The van der Waals surface area contributed by atoms with Crippen molar-refractivity contribution in [2.24, 2.45) is 17.2 Å². The van der Waals surface area contributed by atoms with Crippen molar-refractivity contribution in [1.82, 2.24) is 4.90 Å². The number of halogens is 3. The zero-order chi connectivity index (χ0) is 21.9. The predicted octanol–water partition coefficient (Wildman–Crippen LogP) is 3.57. The highest BCUT2D eigenvalue weighted by molar-refractivity contribution is 7.43. The van der Waals surface area contributed by atoms with Crippen LogP contribution in [0.5, 0.6) is 0 Å². The first-order chi connectivity index (χ1) is 12.9. The average molecular weight is 429 g/mol. The molecule has 0 aliphatic rings. The summed E-state index contributed by atoms with van der Waals surface area (Å²) >= 11 is 0. The van der Waals surface area contributed by atoms with Crippen LogP contribution in [0.3, 0.4) is 0 Å². The van der Waals surface area contributed by atoms with Crippen LogP contribution < -0.4 is 11.2 Å². The molecule has 3 atom stereocenters. The number of unbranched alkanes of at least 4 members (excludes halogenated alkanes) is 1. The highest BCUT2D eigenvalue weighted by atomic mass is 31.2. The number of hydrogen-bond acceptors (Lipinski definition) is 5. The Hall–Kier alpha value is -0.980. The van der Waals surface area contributed by atoms with E-state index in [0.717, 1.165) is 4.90 Å². The molecule has 3 unspecified atom stereocenters. The molecule has 5 N–H and O–H groups in total. The van der Waals surface area contributed by atoms with Crippen molar-refractivity contribution in [2.45, 2.75) is 84.3 Å². The monoisotopic (exact) mass is 429 g/mol. The van der Waals surface area contributed by atoms with Crippen LogP contribution in [0.15, 0.2) is 0 Å². The van der Waals surface area contributed by atoms with E-state index in [4.69, 9.17) is 15.8 Å². The molecule has 0 rings (SSSR count). The third kappa shape index (κ3) is 11.8. The quantitative estimate of drug-likeness (QED) is 0.264. The Balaban J connectivity index is 4.70. The summed E-state index contributed by atoms with van der Waals surface area (Å²) in [5.74, 6) is -1.99. The summed E-state index contributed by atoms with van der Waals surface area (Å²) in [5, 5.41) is 0. The van der Waals surface area contributed by atoms with Gasteiger partial charge in [0.05, 0.1) is 6.42 Å². The normalized spacial score (nSPS) is 15.1. The zero-order valence-electron chi connectivity index (χ0n) is 16.9. The molecule has 7 nitrogen and oxygen atoms in total. The smallest absolute Gasteiger partial charge is 0.338 e. The number of nitrogens with zero attached hydrogens (tertiary/aromatic N) is 2. The second kappa shape index (κ2) is 13.3. The summed E-state index contributed by atoms with van der Waals surface area (Å²) in [7, 11) is -2.11. The maximum atomic E-state index is 12.7. The molecule has 0 aliphatic carbocycles. The van der Waals surface area contributed by atoms with E-state index in [-0.39, 0.29) is 18.5 Å². The van der Waals surface area contributed by atoms with Crippen LogP contribution in [0, 0.1) is 12.0 Å². The molecule has 0 aliphatic heterocycles. The summed E-state index contributed by atoms with van der Waals surface area (Å²) in [6, 6.07) is 2.51. The van der Waals surface area contributed by atoms with Crippen LogP contribution in [-0.4, -0.2) is 46.7 Å². The van der Waals surface area contributed by atoms with Gasteiger partial charge in [0, 0.05) is 26.4 Å². The topological polar surface area (TPSA) is 106 Å². The van der Waals surface area contributed by atoms with Crippen molar-refractivity contribution >= 4 is 14.4 Å². The number of rotatable bonds is 11. The molecule has 0 aromatic heterocycles. The lowest BCUT2D eigenvalue weighted by Gasteiger charge is -2.28. The first kappa shape index (κ1) is 27.0. The summed E-state index contributed by atoms with van der Waals surface area (Å²) in [4.78, 5) is 25.7. The molecule has 0 spiro atoms. The van der Waals surface area contributed by atoms with Crippen LogP contribution in [0.2, 0.25) is 0 Å². The van der Waals surface area contributed by atoms with E-state index in [1.54, 1.807) is 13.8 Å². The fourth-order valence-corrected chi connectivity index (χ4v) is 3.05. The maximum Gasteiger partial charge on any atom is 0.471 e. The Bertz CT molecular complexity index is 522. The fourth-order valence-electron chi connectivity index (χ4n) is 2.63. The van der Waals surface area contributed by atoms with Gasteiger partial charge in [-0.1, -0.05) is 11.3 Å². The molecule has 0 aromatic carbocycles. The summed E-state index contributed by atoms with van der Waals surface area (Å²) in [6.45, 7) is 6.95. The Morgan fingerprint density at radius 2 is 1.86 bits per heavy atom. The Kier molecular flexibility index (Phi) is 12.8. The van der Waals surface area contributed by atoms with Gasteiger partial charge in [-0.3, -0.25) is 10.3 Å². The minimum absolute atomic E-state index is 0.00333. The van der Waals surface area contributed by atoms with Gasteiger partial charge in [0.25, 0.3) is 20.6 Å². The van der Waals surface area contributed by atoms with Crippen molar-refractivity contribution in [3.63, 3.8) is 0 Å². The number of amides is 1. The molecule has 164 valence electrons. The predicted molar refractivity (Wildman–Crippen MR) is 104 cm³/mol. The first-order valence-corrected chi connectivity index (χ1v) is 10.6. The summed E-state index contributed by atoms with van der Waals surface area (Å²) in [5.41, 5.74) is 11.2. The summed E-state index contributed by atoms with van der Waals surface area (Å²) in [6.07, 6.45) is -3.04. The highest BCUT2D eigenvalue weighted by Crippen LogP contribution is 2.28. The van der Waals surface area contributed by atoms with E-state index >= 15 is 0 Å². The van der Waals surface area contributed by atoms with Gasteiger partial charge < -0.3 is 20.1 Å². The zero-order valence-corrected chi connectivity index (χ0v) is 17.8. The van der Waals surface area contributed by atoms with Crippen molar-refractivity contribution in [1.29, 1.82) is 0 Å².